The number of nitrogens with one attached hydrogen (secondary N) is 1. The van der Waals surface area contributed by atoms with Gasteiger partial charge in [-0.05, 0) is 48.9 Å². The molecule has 0 aliphatic carbocycles. The molecule has 7 heteroatoms. The molecule has 3 aromatic carbocycles. The molecule has 2 heterocycles. The molecular weight excluding hydrogens is 430 g/mol. The molecule has 1 aliphatic rings. The van der Waals surface area contributed by atoms with Gasteiger partial charge in [0, 0.05) is 11.8 Å². The molecule has 7 nitrogen and oxygen atoms in total. The van der Waals surface area contributed by atoms with E-state index >= 15 is 0 Å². The zero-order chi connectivity index (χ0) is 23.5. The van der Waals surface area contributed by atoms with Crippen molar-refractivity contribution >= 4 is 5.91 Å². The Kier molecular flexibility index (Phi) is 5.91. The summed E-state index contributed by atoms with van der Waals surface area (Å²) in [5.74, 6) is 1.83. The number of benzene rings is 3. The number of aromatic nitrogens is 2. The number of ether oxygens (including phenoxy) is 3. The second-order valence-corrected chi connectivity index (χ2v) is 7.97. The van der Waals surface area contributed by atoms with Crippen molar-refractivity contribution in [1.29, 1.82) is 0 Å². The van der Waals surface area contributed by atoms with Gasteiger partial charge in [-0.1, -0.05) is 36.4 Å². The maximum absolute atomic E-state index is 13.5. The van der Waals surface area contributed by atoms with Gasteiger partial charge in [-0.15, -0.1) is 0 Å². The van der Waals surface area contributed by atoms with E-state index in [0.717, 1.165) is 22.6 Å². The quantitative estimate of drug-likeness (QED) is 0.452. The normalized spacial score (nSPS) is 13.2. The van der Waals surface area contributed by atoms with Crippen LogP contribution in [0.5, 0.6) is 17.2 Å². The van der Waals surface area contributed by atoms with Gasteiger partial charge in [0.15, 0.2) is 11.5 Å². The van der Waals surface area contributed by atoms with Gasteiger partial charge in [0.2, 0.25) is 0 Å². The lowest BCUT2D eigenvalue weighted by atomic mass is 10.0. The highest BCUT2D eigenvalue weighted by molar-refractivity contribution is 6.00. The number of carbonyl (C=O) groups excluding carboxylic acids is 1. The molecule has 172 valence electrons. The van der Waals surface area contributed by atoms with Gasteiger partial charge in [0.25, 0.3) is 5.91 Å². The molecule has 1 aliphatic heterocycles. The second kappa shape index (κ2) is 9.31. The molecule has 0 fully saturated rings. The Morgan fingerprint density at radius 1 is 1.00 bits per heavy atom. The lowest BCUT2D eigenvalue weighted by Gasteiger charge is -2.21. The summed E-state index contributed by atoms with van der Waals surface area (Å²) in [6.45, 7) is 2.99. The summed E-state index contributed by atoms with van der Waals surface area (Å²) in [6, 6.07) is 22.7. The third-order valence-corrected chi connectivity index (χ3v) is 5.76. The molecule has 1 aromatic heterocycles. The molecule has 0 unspecified atom stereocenters. The van der Waals surface area contributed by atoms with Crippen LogP contribution in [0.25, 0.3) is 16.9 Å². The molecule has 5 rings (SSSR count). The average molecular weight is 456 g/mol. The highest BCUT2D eigenvalue weighted by Crippen LogP contribution is 2.34. The van der Waals surface area contributed by atoms with Gasteiger partial charge in [0.1, 0.15) is 24.7 Å². The van der Waals surface area contributed by atoms with Crippen LogP contribution in [0.3, 0.4) is 0 Å². The Bertz CT molecular complexity index is 1320. The molecule has 0 radical (unpaired) electrons. The van der Waals surface area contributed by atoms with E-state index in [4.69, 9.17) is 19.3 Å². The molecule has 1 N–H and O–H groups in total. The van der Waals surface area contributed by atoms with E-state index in [9.17, 15) is 4.79 Å². The summed E-state index contributed by atoms with van der Waals surface area (Å²) < 4.78 is 18.6. The number of fused-ring (bicyclic) bond motifs is 1. The highest BCUT2D eigenvalue weighted by Gasteiger charge is 2.23. The fraction of sp³-hybridized carbons (Fsp3) is 0.185. The van der Waals surface area contributed by atoms with E-state index in [0.29, 0.717) is 36.0 Å². The SMILES string of the molecule is COc1ccccc1-c1nn(-c2ccccc2)cc1C(=O)N[C@@H](C)c1ccc2c(c1)OCCO2. The molecule has 1 amide bonds. The Morgan fingerprint density at radius 2 is 1.74 bits per heavy atom. The van der Waals surface area contributed by atoms with Crippen LogP contribution >= 0.6 is 0 Å². The third-order valence-electron chi connectivity index (χ3n) is 5.76. The molecule has 0 saturated heterocycles. The standard InChI is InChI=1S/C27H25N3O4/c1-18(19-12-13-24-25(16-19)34-15-14-33-24)28-27(31)22-17-30(20-8-4-3-5-9-20)29-26(22)21-10-6-7-11-23(21)32-2/h3-13,16-18H,14-15H2,1-2H3,(H,28,31)/t18-/m0/s1. The predicted octanol–water partition coefficient (Wildman–Crippen LogP) is 4.81. The summed E-state index contributed by atoms with van der Waals surface area (Å²) in [5.41, 5.74) is 3.53. The molecule has 4 aromatic rings. The van der Waals surface area contributed by atoms with Crippen molar-refractivity contribution in [3.8, 4) is 34.2 Å². The second-order valence-electron chi connectivity index (χ2n) is 7.97. The largest absolute Gasteiger partial charge is 0.496 e. The average Bonchev–Trinajstić information content (AvgIpc) is 3.34. The molecule has 0 spiro atoms. The van der Waals surface area contributed by atoms with Gasteiger partial charge in [-0.2, -0.15) is 5.10 Å². The van der Waals surface area contributed by atoms with E-state index < -0.39 is 0 Å². The number of hydrogen-bond acceptors (Lipinski definition) is 5. The summed E-state index contributed by atoms with van der Waals surface area (Å²) in [5, 5.41) is 7.86. The first kappa shape index (κ1) is 21.6. The number of para-hydroxylation sites is 2. The Morgan fingerprint density at radius 3 is 2.53 bits per heavy atom. The Hall–Kier alpha value is -4.26. The van der Waals surface area contributed by atoms with Crippen LogP contribution in [-0.2, 0) is 0 Å². The molecule has 1 atom stereocenters. The minimum atomic E-state index is -0.256. The zero-order valence-electron chi connectivity index (χ0n) is 19.0. The topological polar surface area (TPSA) is 74.6 Å². The predicted molar refractivity (Wildman–Crippen MR) is 129 cm³/mol. The molecule has 34 heavy (non-hydrogen) atoms. The van der Waals surface area contributed by atoms with Gasteiger partial charge in [-0.25, -0.2) is 4.68 Å². The van der Waals surface area contributed by atoms with Crippen LogP contribution in [0.4, 0.5) is 0 Å². The van der Waals surface area contributed by atoms with Gasteiger partial charge < -0.3 is 19.5 Å². The van der Waals surface area contributed by atoms with Crippen molar-refractivity contribution in [2.45, 2.75) is 13.0 Å². The summed E-state index contributed by atoms with van der Waals surface area (Å²) in [4.78, 5) is 13.5. The first-order chi connectivity index (χ1) is 16.6. The fourth-order valence-corrected chi connectivity index (χ4v) is 3.98. The molecular formula is C27H25N3O4. The maximum Gasteiger partial charge on any atom is 0.255 e. The summed E-state index contributed by atoms with van der Waals surface area (Å²) in [7, 11) is 1.61. The number of carbonyl (C=O) groups is 1. The van der Waals surface area contributed by atoms with Crippen LogP contribution in [0.2, 0.25) is 0 Å². The van der Waals surface area contributed by atoms with Crippen molar-refractivity contribution in [2.24, 2.45) is 0 Å². The van der Waals surface area contributed by atoms with E-state index in [1.54, 1.807) is 18.0 Å². The maximum atomic E-state index is 13.5. The van der Waals surface area contributed by atoms with Crippen molar-refractivity contribution in [1.82, 2.24) is 15.1 Å². The van der Waals surface area contributed by atoms with Crippen LogP contribution in [0.15, 0.2) is 79.0 Å². The van der Waals surface area contributed by atoms with Gasteiger partial charge in [-0.3, -0.25) is 4.79 Å². The van der Waals surface area contributed by atoms with E-state index in [1.165, 1.54) is 0 Å². The number of nitrogens with zero attached hydrogens (tertiary/aromatic N) is 2. The first-order valence-electron chi connectivity index (χ1n) is 11.1. The van der Waals surface area contributed by atoms with Crippen LogP contribution in [0, 0.1) is 0 Å². The smallest absolute Gasteiger partial charge is 0.255 e. The van der Waals surface area contributed by atoms with Crippen molar-refractivity contribution in [3.05, 3.63) is 90.1 Å². The Labute approximate surface area is 197 Å². The monoisotopic (exact) mass is 455 g/mol. The van der Waals surface area contributed by atoms with Gasteiger partial charge >= 0.3 is 0 Å². The minimum Gasteiger partial charge on any atom is -0.496 e. The van der Waals surface area contributed by atoms with Crippen LogP contribution in [0.1, 0.15) is 28.9 Å². The lowest BCUT2D eigenvalue weighted by molar-refractivity contribution is 0.0940. The Balaban J connectivity index is 1.49. The number of rotatable bonds is 6. The lowest BCUT2D eigenvalue weighted by Crippen LogP contribution is -2.27. The van der Waals surface area contributed by atoms with Crippen LogP contribution in [-0.4, -0.2) is 36.0 Å². The van der Waals surface area contributed by atoms with E-state index in [-0.39, 0.29) is 11.9 Å². The molecule has 0 saturated carbocycles. The van der Waals surface area contributed by atoms with Crippen molar-refractivity contribution < 1.29 is 19.0 Å². The fourth-order valence-electron chi connectivity index (χ4n) is 3.98. The van der Waals surface area contributed by atoms with E-state index in [1.807, 2.05) is 79.7 Å². The van der Waals surface area contributed by atoms with Crippen molar-refractivity contribution in [3.63, 3.8) is 0 Å². The third kappa shape index (κ3) is 4.20. The zero-order valence-corrected chi connectivity index (χ0v) is 19.0. The van der Waals surface area contributed by atoms with Crippen molar-refractivity contribution in [2.75, 3.05) is 20.3 Å². The number of methoxy groups -OCH3 is 1. The van der Waals surface area contributed by atoms with E-state index in [2.05, 4.69) is 5.32 Å². The minimum absolute atomic E-state index is 0.231. The number of hydrogen-bond donors (Lipinski definition) is 1. The van der Waals surface area contributed by atoms with Gasteiger partial charge in [0.05, 0.1) is 24.4 Å². The van der Waals surface area contributed by atoms with Crippen LogP contribution < -0.4 is 19.5 Å². The summed E-state index contributed by atoms with van der Waals surface area (Å²) >= 11 is 0. The first-order valence-corrected chi connectivity index (χ1v) is 11.1. The summed E-state index contributed by atoms with van der Waals surface area (Å²) in [6.07, 6.45) is 1.75. The highest BCUT2D eigenvalue weighted by atomic mass is 16.6. The molecule has 0 bridgehead atoms. The number of amides is 1.